The fraction of sp³-hybridized carbons (Fsp3) is 0.562. The third-order valence-corrected chi connectivity index (χ3v) is 5.33. The molecule has 1 N–H and O–H groups in total. The molecule has 44 heavy (non-hydrogen) atoms. The van der Waals surface area contributed by atoms with Crippen molar-refractivity contribution in [3.63, 3.8) is 0 Å². The third kappa shape index (κ3) is 16.6. The molecular formula is C32H45N3O9. The molecule has 242 valence electrons. The van der Waals surface area contributed by atoms with Gasteiger partial charge in [-0.1, -0.05) is 12.1 Å². The molecule has 0 aliphatic heterocycles. The van der Waals surface area contributed by atoms with Gasteiger partial charge in [-0.2, -0.15) is 5.26 Å². The van der Waals surface area contributed by atoms with Crippen molar-refractivity contribution < 1.29 is 42.7 Å². The van der Waals surface area contributed by atoms with Crippen LogP contribution >= 0.6 is 0 Å². The van der Waals surface area contributed by atoms with E-state index in [0.29, 0.717) is 70.0 Å². The maximum atomic E-state index is 12.8. The highest BCUT2D eigenvalue weighted by atomic mass is 16.6. The fourth-order valence-corrected chi connectivity index (χ4v) is 3.48. The molecule has 12 heteroatoms. The van der Waals surface area contributed by atoms with Crippen molar-refractivity contribution in [2.45, 2.75) is 65.2 Å². The second kappa shape index (κ2) is 18.7. The number of nitrogens with zero attached hydrogens (tertiary/aromatic N) is 2. The van der Waals surface area contributed by atoms with Gasteiger partial charge >= 0.3 is 12.1 Å². The number of hydrogen-bond donors (Lipinski definition) is 1. The fourth-order valence-electron chi connectivity index (χ4n) is 3.48. The molecule has 1 aromatic heterocycles. The SMILES string of the molecule is CC(C)(C)OC(=O)N[C@@H](Cc1ccc(OCCOCCOCCOCCOc2ccc(C#N)nc2)cc1)C(=O)OC(C)(C)C. The van der Waals surface area contributed by atoms with Gasteiger partial charge in [-0.05, 0) is 71.4 Å². The van der Waals surface area contributed by atoms with Crippen molar-refractivity contribution in [2.75, 3.05) is 52.9 Å². The van der Waals surface area contributed by atoms with Crippen molar-refractivity contribution in [3.8, 4) is 17.6 Å². The molecule has 12 nitrogen and oxygen atoms in total. The second-order valence-corrected chi connectivity index (χ2v) is 11.6. The molecule has 1 aromatic carbocycles. The number of carbonyl (C=O) groups excluding carboxylic acids is 2. The van der Waals surface area contributed by atoms with Crippen LogP contribution in [-0.4, -0.2) is 87.1 Å². The Morgan fingerprint density at radius 3 is 1.73 bits per heavy atom. The monoisotopic (exact) mass is 615 g/mol. The zero-order chi connectivity index (χ0) is 32.4. The van der Waals surface area contributed by atoms with Crippen LogP contribution in [0.5, 0.6) is 11.5 Å². The summed E-state index contributed by atoms with van der Waals surface area (Å²) in [6, 6.07) is 11.6. The van der Waals surface area contributed by atoms with Gasteiger partial charge in [0, 0.05) is 6.42 Å². The molecule has 0 saturated heterocycles. The van der Waals surface area contributed by atoms with Crippen LogP contribution < -0.4 is 14.8 Å². The average molecular weight is 616 g/mol. The average Bonchev–Trinajstić information content (AvgIpc) is 2.94. The number of amides is 1. The largest absolute Gasteiger partial charge is 0.491 e. The topological polar surface area (TPSA) is 147 Å². The van der Waals surface area contributed by atoms with Gasteiger partial charge in [0.25, 0.3) is 0 Å². The molecule has 0 saturated carbocycles. The van der Waals surface area contributed by atoms with Crippen LogP contribution in [0.25, 0.3) is 0 Å². The maximum Gasteiger partial charge on any atom is 0.408 e. The number of nitriles is 1. The zero-order valence-electron chi connectivity index (χ0n) is 26.6. The first kappa shape index (κ1) is 36.3. The summed E-state index contributed by atoms with van der Waals surface area (Å²) in [5, 5.41) is 11.4. The molecule has 0 radical (unpaired) electrons. The van der Waals surface area contributed by atoms with Crippen LogP contribution in [0.15, 0.2) is 42.6 Å². The van der Waals surface area contributed by atoms with Gasteiger partial charge in [-0.3, -0.25) is 0 Å². The van der Waals surface area contributed by atoms with Crippen molar-refractivity contribution in [1.82, 2.24) is 10.3 Å². The van der Waals surface area contributed by atoms with Crippen LogP contribution in [0.1, 0.15) is 52.8 Å². The first-order valence-electron chi connectivity index (χ1n) is 14.5. The van der Waals surface area contributed by atoms with E-state index in [1.165, 1.54) is 6.20 Å². The van der Waals surface area contributed by atoms with Gasteiger partial charge in [-0.25, -0.2) is 14.6 Å². The predicted molar refractivity (Wildman–Crippen MR) is 162 cm³/mol. The second-order valence-electron chi connectivity index (χ2n) is 11.6. The predicted octanol–water partition coefficient (Wildman–Crippen LogP) is 4.24. The van der Waals surface area contributed by atoms with E-state index in [4.69, 9.17) is 38.4 Å². The van der Waals surface area contributed by atoms with Crippen molar-refractivity contribution >= 4 is 12.1 Å². The molecule has 0 aliphatic rings. The minimum Gasteiger partial charge on any atom is -0.491 e. The lowest BCUT2D eigenvalue weighted by molar-refractivity contribution is -0.157. The van der Waals surface area contributed by atoms with Gasteiger partial charge in [0.2, 0.25) is 0 Å². The quantitative estimate of drug-likeness (QED) is 0.190. The lowest BCUT2D eigenvalue weighted by Gasteiger charge is -2.26. The van der Waals surface area contributed by atoms with Gasteiger partial charge in [0.15, 0.2) is 0 Å². The first-order chi connectivity index (χ1) is 20.8. The standard InChI is InChI=1S/C32H45N3O9/c1-31(2,3)43-29(36)28(35-30(37)44-32(4,5)6)21-24-7-10-26(11-8-24)41-19-17-39-15-13-38-14-16-40-18-20-42-27-12-9-25(22-33)34-23-27/h7-12,23,28H,13-21H2,1-6H3,(H,35,37)/t28-/m0/s1. The Balaban J connectivity index is 1.58. The molecule has 0 unspecified atom stereocenters. The number of ether oxygens (including phenoxy) is 7. The molecule has 0 fully saturated rings. The highest BCUT2D eigenvalue weighted by molar-refractivity contribution is 5.82. The van der Waals surface area contributed by atoms with Gasteiger partial charge in [0.1, 0.15) is 53.7 Å². The summed E-state index contributed by atoms with van der Waals surface area (Å²) in [4.78, 5) is 29.0. The Labute approximate surface area is 259 Å². The normalized spacial score (nSPS) is 12.1. The Hall–Kier alpha value is -3.92. The number of nitrogens with one attached hydrogen (secondary N) is 1. The van der Waals surface area contributed by atoms with Gasteiger partial charge < -0.3 is 38.5 Å². The number of aromatic nitrogens is 1. The lowest BCUT2D eigenvalue weighted by Crippen LogP contribution is -2.47. The van der Waals surface area contributed by atoms with Crippen molar-refractivity contribution in [1.29, 1.82) is 5.26 Å². The number of carbonyl (C=O) groups is 2. The van der Waals surface area contributed by atoms with Crippen LogP contribution in [-0.2, 0) is 34.9 Å². The Morgan fingerprint density at radius 2 is 1.25 bits per heavy atom. The number of pyridine rings is 1. The summed E-state index contributed by atoms with van der Waals surface area (Å²) in [6.07, 6.45) is 1.04. The highest BCUT2D eigenvalue weighted by Crippen LogP contribution is 2.16. The van der Waals surface area contributed by atoms with E-state index >= 15 is 0 Å². The van der Waals surface area contributed by atoms with E-state index in [2.05, 4.69) is 10.3 Å². The zero-order valence-corrected chi connectivity index (χ0v) is 26.6. The number of alkyl carbamates (subject to hydrolysis) is 1. The van der Waals surface area contributed by atoms with E-state index in [1.54, 1.807) is 65.8 Å². The number of rotatable bonds is 18. The Kier molecular flexibility index (Phi) is 15.4. The molecular weight excluding hydrogens is 570 g/mol. The maximum absolute atomic E-state index is 12.8. The summed E-state index contributed by atoms with van der Waals surface area (Å²) in [5.41, 5.74) is -0.238. The van der Waals surface area contributed by atoms with Gasteiger partial charge in [-0.15, -0.1) is 0 Å². The summed E-state index contributed by atoms with van der Waals surface area (Å²) < 4.78 is 38.5. The van der Waals surface area contributed by atoms with Gasteiger partial charge in [0.05, 0.1) is 45.8 Å². The Bertz CT molecular complexity index is 1170. The van der Waals surface area contributed by atoms with Crippen molar-refractivity contribution in [2.24, 2.45) is 0 Å². The number of benzene rings is 1. The molecule has 1 amide bonds. The molecule has 2 rings (SSSR count). The first-order valence-corrected chi connectivity index (χ1v) is 14.5. The van der Waals surface area contributed by atoms with Crippen LogP contribution in [0.2, 0.25) is 0 Å². The van der Waals surface area contributed by atoms with E-state index in [-0.39, 0.29) is 6.42 Å². The highest BCUT2D eigenvalue weighted by Gasteiger charge is 2.29. The summed E-state index contributed by atoms with van der Waals surface area (Å²) in [6.45, 7) is 13.8. The molecule has 1 heterocycles. The number of esters is 1. The molecule has 0 aliphatic carbocycles. The molecule has 0 bridgehead atoms. The van der Waals surface area contributed by atoms with Crippen molar-refractivity contribution in [3.05, 3.63) is 53.9 Å². The minimum atomic E-state index is -0.912. The van der Waals surface area contributed by atoms with E-state index in [0.717, 1.165) is 5.56 Å². The molecule has 1 atom stereocenters. The van der Waals surface area contributed by atoms with E-state index in [9.17, 15) is 9.59 Å². The summed E-state index contributed by atoms with van der Waals surface area (Å²) >= 11 is 0. The van der Waals surface area contributed by atoms with E-state index in [1.807, 2.05) is 18.2 Å². The third-order valence-electron chi connectivity index (χ3n) is 5.33. The van der Waals surface area contributed by atoms with Crippen LogP contribution in [0.4, 0.5) is 4.79 Å². The smallest absolute Gasteiger partial charge is 0.408 e. The Morgan fingerprint density at radius 1 is 0.750 bits per heavy atom. The molecule has 2 aromatic rings. The number of hydrogen-bond acceptors (Lipinski definition) is 11. The van der Waals surface area contributed by atoms with Crippen LogP contribution in [0, 0.1) is 11.3 Å². The van der Waals surface area contributed by atoms with E-state index < -0.39 is 29.3 Å². The molecule has 0 spiro atoms. The summed E-state index contributed by atoms with van der Waals surface area (Å²) in [7, 11) is 0. The minimum absolute atomic E-state index is 0.229. The van der Waals surface area contributed by atoms with Crippen LogP contribution in [0.3, 0.4) is 0 Å². The lowest BCUT2D eigenvalue weighted by atomic mass is 10.1. The summed E-state index contributed by atoms with van der Waals surface area (Å²) in [5.74, 6) is 0.695.